The van der Waals surface area contributed by atoms with Crippen molar-refractivity contribution >= 4 is 24.4 Å². The number of hydrogen-bond donors (Lipinski definition) is 1. The lowest BCUT2D eigenvalue weighted by Crippen LogP contribution is -1.64. The normalized spacial score (nSPS) is 6.10. The van der Waals surface area contributed by atoms with Crippen molar-refractivity contribution in [2.45, 2.75) is 20.3 Å². The summed E-state index contributed by atoms with van der Waals surface area (Å²) in [6, 6.07) is 0. The Morgan fingerprint density at radius 1 is 1.50 bits per heavy atom. The summed E-state index contributed by atoms with van der Waals surface area (Å²) in [6.07, 6.45) is 6.88. The van der Waals surface area contributed by atoms with Crippen LogP contribution >= 0.6 is 24.4 Å². The summed E-state index contributed by atoms with van der Waals surface area (Å²) in [5.74, 6) is 1.31. The van der Waals surface area contributed by atoms with E-state index in [0.29, 0.717) is 0 Å². The molecule has 0 amide bonds. The van der Waals surface area contributed by atoms with E-state index >= 15 is 0 Å². The number of thiol groups is 1. The quantitative estimate of drug-likeness (QED) is 0.501. The van der Waals surface area contributed by atoms with Gasteiger partial charge < -0.3 is 0 Å². The van der Waals surface area contributed by atoms with E-state index < -0.39 is 0 Å². The van der Waals surface area contributed by atoms with Crippen LogP contribution < -0.4 is 0 Å². The van der Waals surface area contributed by atoms with Crippen LogP contribution in [0.15, 0.2) is 12.7 Å². The highest BCUT2D eigenvalue weighted by atomic mass is 32.2. The summed E-state index contributed by atoms with van der Waals surface area (Å²) in [7, 11) is 0. The standard InChI is InChI=1S/C4H10S.C3H6.CH4S/c1-3-4-5-2;1-3-2;1-2/h3-4H2,1-2H3;3H,1H2,2H3;2H,1H3. The number of hydrogen-bond acceptors (Lipinski definition) is 2. The average molecular weight is 180 g/mol. The van der Waals surface area contributed by atoms with Gasteiger partial charge in [-0.25, -0.2) is 0 Å². The van der Waals surface area contributed by atoms with Crippen molar-refractivity contribution < 1.29 is 0 Å². The Hall–Kier alpha value is 0.440. The predicted octanol–water partition coefficient (Wildman–Crippen LogP) is 3.50. The first kappa shape index (κ1) is 16.8. The van der Waals surface area contributed by atoms with Gasteiger partial charge >= 0.3 is 0 Å². The minimum absolute atomic E-state index is 1.31. The van der Waals surface area contributed by atoms with E-state index in [1.54, 1.807) is 12.3 Å². The molecule has 0 aliphatic rings. The molecule has 0 aliphatic carbocycles. The number of allylic oxidation sites excluding steroid dienone is 1. The predicted molar refractivity (Wildman–Crippen MR) is 59.5 cm³/mol. The van der Waals surface area contributed by atoms with E-state index in [-0.39, 0.29) is 0 Å². The Bertz CT molecular complexity index is 34.2. The molecule has 0 N–H and O–H groups in total. The van der Waals surface area contributed by atoms with Crippen molar-refractivity contribution in [2.24, 2.45) is 0 Å². The van der Waals surface area contributed by atoms with Gasteiger partial charge in [0.15, 0.2) is 0 Å². The molecule has 0 unspecified atom stereocenters. The van der Waals surface area contributed by atoms with Gasteiger partial charge in [-0.3, -0.25) is 0 Å². The maximum atomic E-state index is 3.53. The summed E-state index contributed by atoms with van der Waals surface area (Å²) in [5.41, 5.74) is 0. The Labute approximate surface area is 75.9 Å². The molecular weight excluding hydrogens is 160 g/mol. The Balaban J connectivity index is -0.0000000847. The first-order valence-electron chi connectivity index (χ1n) is 3.34. The number of thioether (sulfide) groups is 1. The molecule has 0 saturated carbocycles. The van der Waals surface area contributed by atoms with Crippen LogP contribution in [0.25, 0.3) is 0 Å². The molecule has 0 heterocycles. The van der Waals surface area contributed by atoms with E-state index in [1.165, 1.54) is 12.2 Å². The average Bonchev–Trinajstić information content (AvgIpc) is 1.96. The lowest BCUT2D eigenvalue weighted by atomic mass is 10.6. The van der Waals surface area contributed by atoms with Gasteiger partial charge in [-0.1, -0.05) is 13.0 Å². The van der Waals surface area contributed by atoms with Gasteiger partial charge in [0.25, 0.3) is 0 Å². The Kier molecular flexibility index (Phi) is 57.3. The molecule has 0 rings (SSSR count). The van der Waals surface area contributed by atoms with Crippen LogP contribution in [-0.2, 0) is 0 Å². The van der Waals surface area contributed by atoms with Gasteiger partial charge in [-0.05, 0) is 31.6 Å². The summed E-state index contributed by atoms with van der Waals surface area (Å²) in [5, 5.41) is 0. The third-order valence-electron chi connectivity index (χ3n) is 0.408. The minimum Gasteiger partial charge on any atom is -0.183 e. The molecule has 0 bridgehead atoms. The van der Waals surface area contributed by atoms with Crippen molar-refractivity contribution in [1.82, 2.24) is 0 Å². The Morgan fingerprint density at radius 3 is 1.80 bits per heavy atom. The molecule has 0 aliphatic heterocycles. The monoisotopic (exact) mass is 180 g/mol. The molecule has 10 heavy (non-hydrogen) atoms. The second-order valence-electron chi connectivity index (χ2n) is 1.40. The highest BCUT2D eigenvalue weighted by molar-refractivity contribution is 7.98. The Morgan fingerprint density at radius 2 is 1.80 bits per heavy atom. The van der Waals surface area contributed by atoms with Crippen molar-refractivity contribution in [2.75, 3.05) is 18.3 Å². The molecule has 0 nitrogen and oxygen atoms in total. The molecule has 0 aromatic carbocycles. The molecular formula is C8H20S2. The first-order valence-corrected chi connectivity index (χ1v) is 5.63. The summed E-state index contributed by atoms with van der Waals surface area (Å²) in [6.45, 7) is 7.44. The van der Waals surface area contributed by atoms with E-state index in [4.69, 9.17) is 0 Å². The van der Waals surface area contributed by atoms with E-state index in [1.807, 2.05) is 18.7 Å². The van der Waals surface area contributed by atoms with Gasteiger partial charge in [0.1, 0.15) is 0 Å². The van der Waals surface area contributed by atoms with E-state index in [9.17, 15) is 0 Å². The van der Waals surface area contributed by atoms with Crippen molar-refractivity contribution in [3.63, 3.8) is 0 Å². The maximum absolute atomic E-state index is 3.53. The molecule has 0 aromatic heterocycles. The molecule has 0 saturated heterocycles. The molecule has 64 valence electrons. The molecule has 2 heteroatoms. The zero-order chi connectivity index (χ0) is 8.83. The zero-order valence-corrected chi connectivity index (χ0v) is 9.27. The summed E-state index contributed by atoms with van der Waals surface area (Å²) in [4.78, 5) is 0. The van der Waals surface area contributed by atoms with Crippen LogP contribution in [0, 0.1) is 0 Å². The minimum atomic E-state index is 1.31. The maximum Gasteiger partial charge on any atom is -0.00729 e. The zero-order valence-electron chi connectivity index (χ0n) is 7.55. The second kappa shape index (κ2) is 34.1. The fourth-order valence-electron chi connectivity index (χ4n) is 0.204. The van der Waals surface area contributed by atoms with Crippen LogP contribution in [0.1, 0.15) is 20.3 Å². The molecule has 0 atom stereocenters. The lowest BCUT2D eigenvalue weighted by Gasteiger charge is -1.80. The molecule has 0 radical (unpaired) electrons. The highest BCUT2D eigenvalue weighted by Crippen LogP contribution is 1.91. The van der Waals surface area contributed by atoms with Crippen LogP contribution in [-0.4, -0.2) is 18.3 Å². The smallest absolute Gasteiger partial charge is 0.00729 e. The molecule has 0 spiro atoms. The number of rotatable bonds is 2. The highest BCUT2D eigenvalue weighted by Gasteiger charge is 1.67. The summed E-state index contributed by atoms with van der Waals surface area (Å²) >= 11 is 5.43. The SMILES string of the molecule is C=CC.CCCSC.CS. The van der Waals surface area contributed by atoms with Crippen LogP contribution in [0.3, 0.4) is 0 Å². The van der Waals surface area contributed by atoms with E-state index in [0.717, 1.165) is 0 Å². The third kappa shape index (κ3) is 78.5. The first-order chi connectivity index (χ1) is 4.83. The van der Waals surface area contributed by atoms with Crippen LogP contribution in [0.2, 0.25) is 0 Å². The topological polar surface area (TPSA) is 0 Å². The summed E-state index contributed by atoms with van der Waals surface area (Å²) < 4.78 is 0. The van der Waals surface area contributed by atoms with Gasteiger partial charge in [0, 0.05) is 0 Å². The molecule has 0 aromatic rings. The van der Waals surface area contributed by atoms with E-state index in [2.05, 4.69) is 32.4 Å². The largest absolute Gasteiger partial charge is 0.183 e. The van der Waals surface area contributed by atoms with Gasteiger partial charge in [0.2, 0.25) is 0 Å². The van der Waals surface area contributed by atoms with Gasteiger partial charge in [0.05, 0.1) is 0 Å². The third-order valence-corrected chi connectivity index (χ3v) is 1.22. The van der Waals surface area contributed by atoms with Crippen molar-refractivity contribution in [3.8, 4) is 0 Å². The second-order valence-corrected chi connectivity index (χ2v) is 2.39. The van der Waals surface area contributed by atoms with Crippen LogP contribution in [0.4, 0.5) is 0 Å². The fourth-order valence-corrected chi connectivity index (χ4v) is 0.612. The van der Waals surface area contributed by atoms with Gasteiger partial charge in [-0.15, -0.1) is 6.58 Å². The van der Waals surface area contributed by atoms with Gasteiger partial charge in [-0.2, -0.15) is 24.4 Å². The molecule has 0 fully saturated rings. The fraction of sp³-hybridized carbons (Fsp3) is 0.750. The van der Waals surface area contributed by atoms with Crippen molar-refractivity contribution in [3.05, 3.63) is 12.7 Å². The lowest BCUT2D eigenvalue weighted by molar-refractivity contribution is 1.11. The van der Waals surface area contributed by atoms with Crippen LogP contribution in [0.5, 0.6) is 0 Å². The van der Waals surface area contributed by atoms with Crippen molar-refractivity contribution in [1.29, 1.82) is 0 Å².